The summed E-state index contributed by atoms with van der Waals surface area (Å²) in [6.45, 7) is 3.63. The Bertz CT molecular complexity index is 1330. The number of aliphatic imine (C=N–C) groups is 1. The highest BCUT2D eigenvalue weighted by Gasteiger charge is 2.22. The summed E-state index contributed by atoms with van der Waals surface area (Å²) in [5, 5.41) is 12.8. The Morgan fingerprint density at radius 3 is 2.69 bits per heavy atom. The van der Waals surface area contributed by atoms with E-state index in [-0.39, 0.29) is 27.3 Å². The maximum atomic E-state index is 13.0. The second-order valence-corrected chi connectivity index (χ2v) is 7.78. The van der Waals surface area contributed by atoms with Crippen LogP contribution < -0.4 is 16.5 Å². The van der Waals surface area contributed by atoms with E-state index in [4.69, 9.17) is 33.4 Å². The summed E-state index contributed by atoms with van der Waals surface area (Å²) in [5.41, 5.74) is 7.36. The number of hydrogen-bond acceptors (Lipinski definition) is 7. The fourth-order valence-corrected chi connectivity index (χ4v) is 3.70. The highest BCUT2D eigenvalue weighted by Crippen LogP contribution is 2.32. The number of hydrogen-bond donors (Lipinski definition) is 3. The van der Waals surface area contributed by atoms with Crippen LogP contribution in [0, 0.1) is 6.92 Å². The molecule has 4 N–H and O–H groups in total. The van der Waals surface area contributed by atoms with E-state index in [1.165, 1.54) is 24.5 Å². The van der Waals surface area contributed by atoms with Gasteiger partial charge in [-0.15, -0.1) is 0 Å². The van der Waals surface area contributed by atoms with E-state index in [0.717, 1.165) is 5.56 Å². The van der Waals surface area contributed by atoms with Gasteiger partial charge in [0, 0.05) is 25.0 Å². The minimum Gasteiger partial charge on any atom is -0.476 e. The molecule has 1 unspecified atom stereocenters. The van der Waals surface area contributed by atoms with Gasteiger partial charge in [0.1, 0.15) is 15.8 Å². The molecule has 0 saturated carbocycles. The van der Waals surface area contributed by atoms with Crippen LogP contribution in [0.15, 0.2) is 44.7 Å². The Hall–Kier alpha value is -3.36. The van der Waals surface area contributed by atoms with Crippen molar-refractivity contribution in [2.45, 2.75) is 19.9 Å². The summed E-state index contributed by atoms with van der Waals surface area (Å²) in [6, 6.07) is 6.06. The number of anilines is 1. The van der Waals surface area contributed by atoms with Crippen LogP contribution in [-0.2, 0) is 0 Å². The highest BCUT2D eigenvalue weighted by atomic mass is 35.5. The molecule has 2 aromatic heterocycles. The van der Waals surface area contributed by atoms with Crippen molar-refractivity contribution in [3.8, 4) is 0 Å². The van der Waals surface area contributed by atoms with E-state index in [2.05, 4.69) is 15.3 Å². The number of aromatic nitrogens is 1. The lowest BCUT2D eigenvalue weighted by Crippen LogP contribution is -2.14. The van der Waals surface area contributed by atoms with Gasteiger partial charge >= 0.3 is 5.97 Å². The third-order valence-electron chi connectivity index (χ3n) is 4.72. The molecule has 0 spiro atoms. The van der Waals surface area contributed by atoms with Crippen LogP contribution in [0.4, 0.5) is 5.69 Å². The number of carboxylic acids is 1. The molecule has 8 nitrogen and oxygen atoms in total. The van der Waals surface area contributed by atoms with Crippen LogP contribution in [0.2, 0.25) is 10.2 Å². The van der Waals surface area contributed by atoms with Crippen molar-refractivity contribution >= 4 is 57.6 Å². The molecule has 0 amide bonds. The summed E-state index contributed by atoms with van der Waals surface area (Å²) in [7, 11) is 1.55. The Morgan fingerprint density at radius 2 is 2.06 bits per heavy atom. The Morgan fingerprint density at radius 1 is 1.34 bits per heavy atom. The van der Waals surface area contributed by atoms with Crippen LogP contribution >= 0.6 is 23.2 Å². The predicted molar refractivity (Wildman–Crippen MR) is 127 cm³/mol. The first-order chi connectivity index (χ1) is 15.2. The van der Waals surface area contributed by atoms with Crippen LogP contribution in [-0.4, -0.2) is 29.3 Å². The number of nitrogens with zero attached hydrogens (tertiary/aromatic N) is 2. The zero-order valence-electron chi connectivity index (χ0n) is 17.4. The van der Waals surface area contributed by atoms with Crippen LogP contribution in [0.1, 0.15) is 40.3 Å². The van der Waals surface area contributed by atoms with E-state index < -0.39 is 17.4 Å². The molecular weight excluding hydrogens is 455 g/mol. The molecule has 0 aliphatic carbocycles. The maximum Gasteiger partial charge on any atom is 0.356 e. The quantitative estimate of drug-likeness (QED) is 0.349. The molecule has 32 heavy (non-hydrogen) atoms. The lowest BCUT2D eigenvalue weighted by molar-refractivity contribution is 0.0691. The number of carbonyl (C=O) groups is 1. The van der Waals surface area contributed by atoms with Crippen molar-refractivity contribution in [2.24, 2.45) is 10.7 Å². The lowest BCUT2D eigenvalue weighted by Gasteiger charge is -2.19. The molecule has 0 aliphatic rings. The molecule has 0 fully saturated rings. The van der Waals surface area contributed by atoms with Crippen LogP contribution in [0.3, 0.4) is 0 Å². The second kappa shape index (κ2) is 9.42. The number of allylic oxidation sites excluding steroid dienone is 1. The molecule has 0 aliphatic heterocycles. The lowest BCUT2D eigenvalue weighted by atomic mass is 10.0. The van der Waals surface area contributed by atoms with Crippen molar-refractivity contribution in [2.75, 3.05) is 12.4 Å². The fraction of sp³-hybridized carbons (Fsp3) is 0.182. The largest absolute Gasteiger partial charge is 0.476 e. The summed E-state index contributed by atoms with van der Waals surface area (Å²) in [5.74, 6) is -1.14. The second-order valence-electron chi connectivity index (χ2n) is 7.02. The monoisotopic (exact) mass is 474 g/mol. The van der Waals surface area contributed by atoms with Gasteiger partial charge in [-0.1, -0.05) is 29.3 Å². The summed E-state index contributed by atoms with van der Waals surface area (Å²) in [4.78, 5) is 32.4. The molecule has 3 aromatic rings. The van der Waals surface area contributed by atoms with Crippen molar-refractivity contribution in [1.82, 2.24) is 4.98 Å². The van der Waals surface area contributed by atoms with Gasteiger partial charge < -0.3 is 20.6 Å². The average molecular weight is 475 g/mol. The number of nitrogens with one attached hydrogen (secondary N) is 1. The Balaban J connectivity index is 2.21. The fourth-order valence-electron chi connectivity index (χ4n) is 3.30. The first kappa shape index (κ1) is 23.3. The zero-order chi connectivity index (χ0) is 23.6. The van der Waals surface area contributed by atoms with E-state index in [1.807, 2.05) is 13.0 Å². The molecule has 10 heteroatoms. The van der Waals surface area contributed by atoms with Crippen molar-refractivity contribution in [3.05, 3.63) is 73.4 Å². The van der Waals surface area contributed by atoms with E-state index in [9.17, 15) is 14.7 Å². The SMILES string of the molecule is CN=C/C(=C\N)c1oc2c(C(C)Nc3ccc(Cl)nc3C(=O)O)cc(C)cc2c(=O)c1Cl. The van der Waals surface area contributed by atoms with Gasteiger partial charge in [0.05, 0.1) is 22.7 Å². The molecule has 0 radical (unpaired) electrons. The van der Waals surface area contributed by atoms with Crippen molar-refractivity contribution < 1.29 is 14.3 Å². The van der Waals surface area contributed by atoms with E-state index in [0.29, 0.717) is 22.1 Å². The summed E-state index contributed by atoms with van der Waals surface area (Å²) >= 11 is 12.1. The first-order valence-electron chi connectivity index (χ1n) is 9.45. The van der Waals surface area contributed by atoms with Gasteiger partial charge in [0.2, 0.25) is 5.43 Å². The van der Waals surface area contributed by atoms with E-state index >= 15 is 0 Å². The number of benzene rings is 1. The summed E-state index contributed by atoms with van der Waals surface area (Å²) < 4.78 is 6.06. The highest BCUT2D eigenvalue weighted by molar-refractivity contribution is 6.34. The predicted octanol–water partition coefficient (Wildman–Crippen LogP) is 4.67. The normalized spacial score (nSPS) is 13.0. The third kappa shape index (κ3) is 4.46. The average Bonchev–Trinajstić information content (AvgIpc) is 2.75. The van der Waals surface area contributed by atoms with Crippen molar-refractivity contribution in [1.29, 1.82) is 0 Å². The molecule has 1 aromatic carbocycles. The number of pyridine rings is 1. The topological polar surface area (TPSA) is 131 Å². The van der Waals surface area contributed by atoms with Crippen molar-refractivity contribution in [3.63, 3.8) is 0 Å². The Kier molecular flexibility index (Phi) is 6.86. The number of halogens is 2. The summed E-state index contributed by atoms with van der Waals surface area (Å²) in [6.07, 6.45) is 2.68. The van der Waals surface area contributed by atoms with E-state index in [1.54, 1.807) is 20.0 Å². The Labute approximate surface area is 193 Å². The standard InChI is InChI=1S/C22H20Cl2N4O4/c1-10-6-13(11(2)27-15-4-5-16(23)28-18(15)22(30)31)21-14(7-10)19(29)17(24)20(32-21)12(8-25)9-26-3/h4-9,11,27H,25H2,1-3H3,(H,30,31)/b12-8+,26-9?. The number of rotatable bonds is 6. The number of carboxylic acid groups (broad SMARTS) is 1. The van der Waals surface area contributed by atoms with Gasteiger partial charge in [0.15, 0.2) is 11.5 Å². The molecule has 2 heterocycles. The number of fused-ring (bicyclic) bond motifs is 1. The van der Waals surface area contributed by atoms with Gasteiger partial charge in [-0.25, -0.2) is 9.78 Å². The first-order valence-corrected chi connectivity index (χ1v) is 10.2. The smallest absolute Gasteiger partial charge is 0.356 e. The number of aromatic carboxylic acids is 1. The third-order valence-corrected chi connectivity index (χ3v) is 5.28. The molecule has 0 bridgehead atoms. The van der Waals surface area contributed by atoms with Gasteiger partial charge in [-0.2, -0.15) is 0 Å². The van der Waals surface area contributed by atoms with Gasteiger partial charge in [0.25, 0.3) is 0 Å². The number of nitrogens with two attached hydrogens (primary N) is 1. The minimum absolute atomic E-state index is 0.0607. The molecule has 166 valence electrons. The maximum absolute atomic E-state index is 13.0. The van der Waals surface area contributed by atoms with Gasteiger partial charge in [-0.05, 0) is 37.6 Å². The molecule has 1 atom stereocenters. The van der Waals surface area contributed by atoms with Crippen LogP contribution in [0.25, 0.3) is 16.5 Å². The zero-order valence-corrected chi connectivity index (χ0v) is 19.0. The van der Waals surface area contributed by atoms with Gasteiger partial charge in [-0.3, -0.25) is 9.79 Å². The van der Waals surface area contributed by atoms with Crippen LogP contribution in [0.5, 0.6) is 0 Å². The molecule has 3 rings (SSSR count). The molecule has 0 saturated heterocycles. The number of aryl methyl sites for hydroxylation is 1. The minimum atomic E-state index is -1.23. The molecular formula is C22H20Cl2N4O4.